The van der Waals surface area contributed by atoms with Gasteiger partial charge in [-0.2, -0.15) is 0 Å². The van der Waals surface area contributed by atoms with Gasteiger partial charge in [-0.1, -0.05) is 11.6 Å². The van der Waals surface area contributed by atoms with Crippen LogP contribution in [0.3, 0.4) is 0 Å². The number of carbonyl (C=O) groups excluding carboxylic acids is 1. The molecule has 1 aromatic rings. The van der Waals surface area contributed by atoms with Crippen molar-refractivity contribution < 1.29 is 14.8 Å². The van der Waals surface area contributed by atoms with Gasteiger partial charge in [0.15, 0.2) is 0 Å². The number of benzene rings is 1. The third-order valence-electron chi connectivity index (χ3n) is 3.63. The van der Waals surface area contributed by atoms with Crippen LogP contribution in [0.1, 0.15) is 29.6 Å². The molecule has 0 aliphatic heterocycles. The minimum atomic E-state index is -0.618. The Morgan fingerprint density at radius 1 is 1.50 bits per heavy atom. The number of hydrogen-bond donors (Lipinski definition) is 2. The first-order chi connectivity index (χ1) is 9.47. The maximum absolute atomic E-state index is 12.0. The molecule has 6 nitrogen and oxygen atoms in total. The summed E-state index contributed by atoms with van der Waals surface area (Å²) in [6, 6.07) is 3.97. The van der Waals surface area contributed by atoms with Gasteiger partial charge >= 0.3 is 0 Å². The molecule has 20 heavy (non-hydrogen) atoms. The van der Waals surface area contributed by atoms with E-state index < -0.39 is 4.92 Å². The largest absolute Gasteiger partial charge is 0.396 e. The van der Waals surface area contributed by atoms with Gasteiger partial charge in [0, 0.05) is 24.8 Å². The fourth-order valence-corrected chi connectivity index (χ4v) is 2.28. The Morgan fingerprint density at radius 3 is 2.75 bits per heavy atom. The molecule has 0 atom stereocenters. The summed E-state index contributed by atoms with van der Waals surface area (Å²) in [4.78, 5) is 22.1. The number of rotatable bonds is 6. The predicted octanol–water partition coefficient (Wildman–Crippen LogP) is 2.14. The van der Waals surface area contributed by atoms with Gasteiger partial charge in [-0.05, 0) is 36.8 Å². The van der Waals surface area contributed by atoms with Crippen molar-refractivity contribution in [3.05, 3.63) is 38.9 Å². The molecule has 0 heterocycles. The van der Waals surface area contributed by atoms with Crippen LogP contribution in [0.15, 0.2) is 18.2 Å². The van der Waals surface area contributed by atoms with Crippen LogP contribution in [0.5, 0.6) is 0 Å². The van der Waals surface area contributed by atoms with Crippen molar-refractivity contribution in [2.75, 3.05) is 13.2 Å². The van der Waals surface area contributed by atoms with E-state index in [-0.39, 0.29) is 34.2 Å². The van der Waals surface area contributed by atoms with E-state index in [0.29, 0.717) is 13.0 Å². The zero-order valence-electron chi connectivity index (χ0n) is 10.8. The lowest BCUT2D eigenvalue weighted by atomic mass is 10.0. The SMILES string of the molecule is O=C(NCC1(CCO)CC1)c1ccc(Cl)c([N+](=O)[O-])c1. The number of nitrogens with one attached hydrogen (secondary N) is 1. The van der Waals surface area contributed by atoms with Crippen LogP contribution in [-0.4, -0.2) is 29.1 Å². The zero-order chi connectivity index (χ0) is 14.8. The van der Waals surface area contributed by atoms with Gasteiger partial charge in [0.05, 0.1) is 4.92 Å². The molecular formula is C13H15ClN2O4. The number of hydrogen-bond acceptors (Lipinski definition) is 4. The lowest BCUT2D eigenvalue weighted by Crippen LogP contribution is -2.30. The highest BCUT2D eigenvalue weighted by molar-refractivity contribution is 6.32. The summed E-state index contributed by atoms with van der Waals surface area (Å²) in [6.45, 7) is 0.575. The van der Waals surface area contributed by atoms with E-state index in [0.717, 1.165) is 12.8 Å². The number of carbonyl (C=O) groups is 1. The fraction of sp³-hybridized carbons (Fsp3) is 0.462. The van der Waals surface area contributed by atoms with E-state index in [1.54, 1.807) is 0 Å². The molecule has 0 spiro atoms. The van der Waals surface area contributed by atoms with Crippen LogP contribution in [0, 0.1) is 15.5 Å². The van der Waals surface area contributed by atoms with Crippen LogP contribution in [0.4, 0.5) is 5.69 Å². The molecule has 0 saturated heterocycles. The van der Waals surface area contributed by atoms with Gasteiger partial charge in [0.25, 0.3) is 11.6 Å². The van der Waals surface area contributed by atoms with E-state index in [4.69, 9.17) is 16.7 Å². The molecule has 7 heteroatoms. The molecule has 108 valence electrons. The Kier molecular flexibility index (Phi) is 4.25. The molecular weight excluding hydrogens is 284 g/mol. The highest BCUT2D eigenvalue weighted by Gasteiger charge is 2.41. The van der Waals surface area contributed by atoms with E-state index in [2.05, 4.69) is 5.32 Å². The Bertz CT molecular complexity index is 543. The number of nitro groups is 1. The average molecular weight is 299 g/mol. The highest BCUT2D eigenvalue weighted by Crippen LogP contribution is 2.47. The number of halogens is 1. The van der Waals surface area contributed by atoms with Gasteiger partial charge in [-0.15, -0.1) is 0 Å². The molecule has 1 fully saturated rings. The minimum Gasteiger partial charge on any atom is -0.396 e. The van der Waals surface area contributed by atoms with Crippen LogP contribution < -0.4 is 5.32 Å². The van der Waals surface area contributed by atoms with Crippen molar-refractivity contribution in [1.82, 2.24) is 5.32 Å². The van der Waals surface area contributed by atoms with Gasteiger partial charge in [0.1, 0.15) is 5.02 Å². The van der Waals surface area contributed by atoms with Crippen molar-refractivity contribution >= 4 is 23.2 Å². The molecule has 0 aromatic heterocycles. The van der Waals surface area contributed by atoms with E-state index in [9.17, 15) is 14.9 Å². The minimum absolute atomic E-state index is 0.00275. The van der Waals surface area contributed by atoms with E-state index in [1.807, 2.05) is 0 Å². The number of aliphatic hydroxyl groups excluding tert-OH is 1. The van der Waals surface area contributed by atoms with Gasteiger partial charge in [-0.3, -0.25) is 14.9 Å². The maximum atomic E-state index is 12.0. The Balaban J connectivity index is 2.03. The summed E-state index contributed by atoms with van der Waals surface area (Å²) in [5.41, 5.74) is -0.0697. The molecule has 0 bridgehead atoms. The van der Waals surface area contributed by atoms with Gasteiger partial charge in [0.2, 0.25) is 0 Å². The summed E-state index contributed by atoms with van der Waals surface area (Å²) in [6.07, 6.45) is 2.62. The van der Waals surface area contributed by atoms with Crippen molar-refractivity contribution in [3.63, 3.8) is 0 Å². The van der Waals surface area contributed by atoms with Crippen molar-refractivity contribution in [1.29, 1.82) is 0 Å². The van der Waals surface area contributed by atoms with E-state index in [1.165, 1.54) is 18.2 Å². The second-order valence-electron chi connectivity index (χ2n) is 5.08. The van der Waals surface area contributed by atoms with Crippen LogP contribution in [0.25, 0.3) is 0 Å². The molecule has 1 aromatic carbocycles. The maximum Gasteiger partial charge on any atom is 0.288 e. The molecule has 0 unspecified atom stereocenters. The van der Waals surface area contributed by atoms with Crippen molar-refractivity contribution in [2.24, 2.45) is 5.41 Å². The molecule has 1 aliphatic rings. The van der Waals surface area contributed by atoms with E-state index >= 15 is 0 Å². The Hall–Kier alpha value is -1.66. The van der Waals surface area contributed by atoms with Crippen LogP contribution in [0.2, 0.25) is 5.02 Å². The quantitative estimate of drug-likeness (QED) is 0.621. The van der Waals surface area contributed by atoms with Crippen LogP contribution >= 0.6 is 11.6 Å². The first kappa shape index (κ1) is 14.7. The number of nitro benzene ring substituents is 1. The molecule has 1 aliphatic carbocycles. The summed E-state index contributed by atoms with van der Waals surface area (Å²) in [7, 11) is 0. The van der Waals surface area contributed by atoms with Gasteiger partial charge < -0.3 is 10.4 Å². The lowest BCUT2D eigenvalue weighted by molar-refractivity contribution is -0.384. The average Bonchev–Trinajstić information content (AvgIpc) is 3.17. The molecule has 2 N–H and O–H groups in total. The van der Waals surface area contributed by atoms with Crippen molar-refractivity contribution in [2.45, 2.75) is 19.3 Å². The molecule has 1 amide bonds. The van der Waals surface area contributed by atoms with Crippen molar-refractivity contribution in [3.8, 4) is 0 Å². The van der Waals surface area contributed by atoms with Crippen LogP contribution in [-0.2, 0) is 0 Å². The molecule has 0 radical (unpaired) electrons. The van der Waals surface area contributed by atoms with Gasteiger partial charge in [-0.25, -0.2) is 0 Å². The summed E-state index contributed by atoms with van der Waals surface area (Å²) < 4.78 is 0. The highest BCUT2D eigenvalue weighted by atomic mass is 35.5. The lowest BCUT2D eigenvalue weighted by Gasteiger charge is -2.14. The standard InChI is InChI=1S/C13H15ClN2O4/c14-10-2-1-9(7-11(10)16(19)20)12(18)15-8-13(3-4-13)5-6-17/h1-2,7,17H,3-6,8H2,(H,15,18). The zero-order valence-corrected chi connectivity index (χ0v) is 11.5. The Labute approximate surface area is 120 Å². The summed E-state index contributed by atoms with van der Waals surface area (Å²) in [5, 5.41) is 22.5. The summed E-state index contributed by atoms with van der Waals surface area (Å²) in [5.74, 6) is -0.367. The number of aliphatic hydroxyl groups is 1. The number of amides is 1. The normalized spacial score (nSPS) is 15.7. The smallest absolute Gasteiger partial charge is 0.288 e. The predicted molar refractivity (Wildman–Crippen MR) is 73.8 cm³/mol. The summed E-state index contributed by atoms with van der Waals surface area (Å²) >= 11 is 5.70. The fourth-order valence-electron chi connectivity index (χ4n) is 2.09. The Morgan fingerprint density at radius 2 is 2.20 bits per heavy atom. The second kappa shape index (κ2) is 5.76. The number of nitrogens with zero attached hydrogens (tertiary/aromatic N) is 1. The monoisotopic (exact) mass is 298 g/mol. The molecule has 1 saturated carbocycles. The topological polar surface area (TPSA) is 92.5 Å². The second-order valence-corrected chi connectivity index (χ2v) is 5.49. The first-order valence-corrected chi connectivity index (χ1v) is 6.68. The first-order valence-electron chi connectivity index (χ1n) is 6.30. The third-order valence-corrected chi connectivity index (χ3v) is 3.95. The third kappa shape index (κ3) is 3.26. The molecule has 2 rings (SSSR count).